The largest absolute Gasteiger partial charge is 0.361 e. The predicted octanol–water partition coefficient (Wildman–Crippen LogP) is 3.93. The fourth-order valence-corrected chi connectivity index (χ4v) is 4.13. The number of rotatable bonds is 3. The predicted molar refractivity (Wildman–Crippen MR) is 82.9 cm³/mol. The lowest BCUT2D eigenvalue weighted by Gasteiger charge is -2.29. The highest BCUT2D eigenvalue weighted by Crippen LogP contribution is 2.33. The topological polar surface area (TPSA) is 38.1 Å². The van der Waals surface area contributed by atoms with E-state index in [1.54, 1.807) is 0 Å². The Morgan fingerprint density at radius 2 is 2.15 bits per heavy atom. The van der Waals surface area contributed by atoms with Crippen LogP contribution in [0.1, 0.15) is 47.2 Å². The highest BCUT2D eigenvalue weighted by molar-refractivity contribution is 7.98. The van der Waals surface area contributed by atoms with Crippen LogP contribution in [0.5, 0.6) is 0 Å². The lowest BCUT2D eigenvalue weighted by Crippen LogP contribution is -2.29. The Hall–Kier alpha value is -1.26. The van der Waals surface area contributed by atoms with E-state index in [4.69, 9.17) is 4.52 Å². The molecule has 1 aromatic carbocycles. The van der Waals surface area contributed by atoms with Crippen LogP contribution in [-0.4, -0.2) is 10.9 Å². The fraction of sp³-hybridized carbons (Fsp3) is 0.438. The van der Waals surface area contributed by atoms with Crippen molar-refractivity contribution >= 4 is 11.8 Å². The van der Waals surface area contributed by atoms with Gasteiger partial charge in [0, 0.05) is 29.2 Å². The molecule has 4 heteroatoms. The highest BCUT2D eigenvalue weighted by atomic mass is 32.2. The second-order valence-electron chi connectivity index (χ2n) is 5.39. The van der Waals surface area contributed by atoms with Crippen molar-refractivity contribution < 1.29 is 4.52 Å². The molecule has 2 atom stereocenters. The summed E-state index contributed by atoms with van der Waals surface area (Å²) >= 11 is 1.99. The van der Waals surface area contributed by atoms with E-state index >= 15 is 0 Å². The minimum Gasteiger partial charge on any atom is -0.361 e. The van der Waals surface area contributed by atoms with E-state index in [1.807, 2.05) is 25.6 Å². The third kappa shape index (κ3) is 2.50. The summed E-state index contributed by atoms with van der Waals surface area (Å²) in [6.45, 7) is 6.18. The molecule has 0 fully saturated rings. The Morgan fingerprint density at radius 3 is 2.90 bits per heavy atom. The first kappa shape index (κ1) is 13.7. The van der Waals surface area contributed by atoms with Gasteiger partial charge in [0.05, 0.1) is 5.69 Å². The van der Waals surface area contributed by atoms with E-state index in [0.29, 0.717) is 6.04 Å². The van der Waals surface area contributed by atoms with Gasteiger partial charge in [-0.15, -0.1) is 0 Å². The maximum atomic E-state index is 5.28. The molecule has 0 amide bonds. The summed E-state index contributed by atoms with van der Waals surface area (Å²) in [4.78, 5) is 0. The summed E-state index contributed by atoms with van der Waals surface area (Å²) in [5.41, 5.74) is 5.06. The van der Waals surface area contributed by atoms with Crippen molar-refractivity contribution in [2.75, 3.05) is 5.75 Å². The molecular weight excluding hydrogens is 268 g/mol. The third-order valence-electron chi connectivity index (χ3n) is 3.95. The van der Waals surface area contributed by atoms with Crippen LogP contribution in [0.2, 0.25) is 0 Å². The molecule has 20 heavy (non-hydrogen) atoms. The summed E-state index contributed by atoms with van der Waals surface area (Å²) < 4.78 is 5.28. The van der Waals surface area contributed by atoms with Gasteiger partial charge in [0.1, 0.15) is 5.76 Å². The number of aryl methyl sites for hydroxylation is 2. The molecule has 1 aliphatic rings. The molecule has 2 unspecified atom stereocenters. The van der Waals surface area contributed by atoms with Crippen molar-refractivity contribution in [3.63, 3.8) is 0 Å². The maximum Gasteiger partial charge on any atom is 0.138 e. The standard InChI is InChI=1S/C16H20N2OS/c1-10(16-11(2)18-19-12(16)3)17-15-9-20-8-13-6-4-5-7-14(13)15/h4-7,10,15,17H,8-9H2,1-3H3. The number of nitrogens with one attached hydrogen (secondary N) is 1. The van der Waals surface area contributed by atoms with Crippen LogP contribution < -0.4 is 5.32 Å². The van der Waals surface area contributed by atoms with Gasteiger partial charge >= 0.3 is 0 Å². The number of hydrogen-bond acceptors (Lipinski definition) is 4. The van der Waals surface area contributed by atoms with E-state index in [1.165, 1.54) is 16.7 Å². The summed E-state index contributed by atoms with van der Waals surface area (Å²) in [7, 11) is 0. The SMILES string of the molecule is Cc1noc(C)c1C(C)NC1CSCc2ccccc21. The molecule has 1 aromatic heterocycles. The van der Waals surface area contributed by atoms with Crippen molar-refractivity contribution in [1.29, 1.82) is 0 Å². The van der Waals surface area contributed by atoms with Crippen LogP contribution in [0.25, 0.3) is 0 Å². The summed E-state index contributed by atoms with van der Waals surface area (Å²) in [6.07, 6.45) is 0. The zero-order chi connectivity index (χ0) is 14.1. The Morgan fingerprint density at radius 1 is 1.35 bits per heavy atom. The number of nitrogens with zero attached hydrogens (tertiary/aromatic N) is 1. The minimum atomic E-state index is 0.248. The molecule has 0 saturated carbocycles. The maximum absolute atomic E-state index is 5.28. The van der Waals surface area contributed by atoms with Crippen molar-refractivity contribution in [3.8, 4) is 0 Å². The Balaban J connectivity index is 1.82. The number of thioether (sulfide) groups is 1. The van der Waals surface area contributed by atoms with E-state index in [2.05, 4.69) is 41.7 Å². The molecule has 0 bridgehead atoms. The summed E-state index contributed by atoms with van der Waals surface area (Å²) in [6, 6.07) is 9.37. The normalized spacial score (nSPS) is 19.6. The van der Waals surface area contributed by atoms with Crippen molar-refractivity contribution in [3.05, 3.63) is 52.4 Å². The lowest BCUT2D eigenvalue weighted by atomic mass is 9.99. The molecule has 1 N–H and O–H groups in total. The third-order valence-corrected chi connectivity index (χ3v) is 5.03. The van der Waals surface area contributed by atoms with Crippen LogP contribution in [0.15, 0.2) is 28.8 Å². The van der Waals surface area contributed by atoms with Gasteiger partial charge < -0.3 is 9.84 Å². The Labute approximate surface area is 124 Å². The van der Waals surface area contributed by atoms with Gasteiger partial charge in [-0.05, 0) is 31.9 Å². The summed E-state index contributed by atoms with van der Waals surface area (Å²) in [5, 5.41) is 7.79. The van der Waals surface area contributed by atoms with Crippen molar-refractivity contribution in [2.24, 2.45) is 0 Å². The number of fused-ring (bicyclic) bond motifs is 1. The molecule has 3 rings (SSSR count). The van der Waals surface area contributed by atoms with Gasteiger partial charge in [-0.25, -0.2) is 0 Å². The lowest BCUT2D eigenvalue weighted by molar-refractivity contribution is 0.389. The first-order valence-electron chi connectivity index (χ1n) is 7.01. The summed E-state index contributed by atoms with van der Waals surface area (Å²) in [5.74, 6) is 3.15. The van der Waals surface area contributed by atoms with E-state index in [9.17, 15) is 0 Å². The van der Waals surface area contributed by atoms with Gasteiger partial charge in [0.2, 0.25) is 0 Å². The van der Waals surface area contributed by atoms with E-state index in [0.717, 1.165) is 23.0 Å². The second-order valence-corrected chi connectivity index (χ2v) is 6.42. The average molecular weight is 288 g/mol. The first-order valence-corrected chi connectivity index (χ1v) is 8.16. The monoisotopic (exact) mass is 288 g/mol. The Bertz CT molecular complexity index is 589. The smallest absolute Gasteiger partial charge is 0.138 e. The molecule has 2 heterocycles. The number of benzene rings is 1. The molecule has 0 saturated heterocycles. The molecule has 0 radical (unpaired) electrons. The Kier molecular flexibility index (Phi) is 3.85. The van der Waals surface area contributed by atoms with Gasteiger partial charge in [-0.1, -0.05) is 29.4 Å². The van der Waals surface area contributed by atoms with Gasteiger partial charge in [-0.2, -0.15) is 11.8 Å². The van der Waals surface area contributed by atoms with Crippen LogP contribution in [-0.2, 0) is 5.75 Å². The van der Waals surface area contributed by atoms with Crippen molar-refractivity contribution in [2.45, 2.75) is 38.6 Å². The zero-order valence-electron chi connectivity index (χ0n) is 12.1. The highest BCUT2D eigenvalue weighted by Gasteiger charge is 2.24. The zero-order valence-corrected chi connectivity index (χ0v) is 13.0. The second kappa shape index (κ2) is 5.62. The van der Waals surface area contributed by atoms with Crippen LogP contribution >= 0.6 is 11.8 Å². The van der Waals surface area contributed by atoms with Crippen LogP contribution in [0.4, 0.5) is 0 Å². The van der Waals surface area contributed by atoms with Crippen LogP contribution in [0.3, 0.4) is 0 Å². The quantitative estimate of drug-likeness (QED) is 0.928. The van der Waals surface area contributed by atoms with Gasteiger partial charge in [0.25, 0.3) is 0 Å². The molecular formula is C16H20N2OS. The molecule has 106 valence electrons. The van der Waals surface area contributed by atoms with E-state index in [-0.39, 0.29) is 6.04 Å². The number of aromatic nitrogens is 1. The molecule has 2 aromatic rings. The van der Waals surface area contributed by atoms with Gasteiger partial charge in [-0.3, -0.25) is 0 Å². The molecule has 3 nitrogen and oxygen atoms in total. The molecule has 0 aliphatic carbocycles. The fourth-order valence-electron chi connectivity index (χ4n) is 3.01. The minimum absolute atomic E-state index is 0.248. The van der Waals surface area contributed by atoms with Gasteiger partial charge in [0.15, 0.2) is 0 Å². The van der Waals surface area contributed by atoms with E-state index < -0.39 is 0 Å². The molecule has 0 spiro atoms. The molecule has 1 aliphatic heterocycles. The number of hydrogen-bond donors (Lipinski definition) is 1. The van der Waals surface area contributed by atoms with Crippen molar-refractivity contribution in [1.82, 2.24) is 10.5 Å². The average Bonchev–Trinajstić information content (AvgIpc) is 2.78. The van der Waals surface area contributed by atoms with Crippen LogP contribution in [0, 0.1) is 13.8 Å². The first-order chi connectivity index (χ1) is 9.66.